The molecule has 0 unspecified atom stereocenters. The van der Waals surface area contributed by atoms with Gasteiger partial charge in [0.2, 0.25) is 0 Å². The molecule has 1 aliphatic carbocycles. The van der Waals surface area contributed by atoms with Crippen molar-refractivity contribution in [2.24, 2.45) is 5.73 Å². The Hall–Kier alpha value is -1.47. The molecule has 0 aromatic heterocycles. The minimum Gasteiger partial charge on any atom is -0.386 e. The molecule has 1 rings (SSSR count). The highest BCUT2D eigenvalue weighted by atomic mass is 19.4. The molecule has 0 radical (unpaired) electrons. The first kappa shape index (κ1) is 14.6. The van der Waals surface area contributed by atoms with Crippen molar-refractivity contribution < 1.29 is 18.0 Å². The Morgan fingerprint density at radius 1 is 1.28 bits per heavy atom. The topological polar surface area (TPSA) is 91.0 Å². The van der Waals surface area contributed by atoms with Gasteiger partial charge in [-0.3, -0.25) is 5.41 Å². The second-order valence-electron chi connectivity index (χ2n) is 4.48. The van der Waals surface area contributed by atoms with E-state index in [9.17, 15) is 18.0 Å². The Morgan fingerprint density at radius 2 is 1.83 bits per heavy atom. The molecule has 18 heavy (non-hydrogen) atoms. The number of alkyl halides is 3. The van der Waals surface area contributed by atoms with Crippen LogP contribution >= 0.6 is 0 Å². The molecule has 5 N–H and O–H groups in total. The molecule has 1 saturated carbocycles. The number of hydrogen-bond donors (Lipinski definition) is 4. The number of amidine groups is 1. The van der Waals surface area contributed by atoms with Crippen LogP contribution in [0, 0.1) is 5.41 Å². The minimum absolute atomic E-state index is 0.204. The largest absolute Gasteiger partial charge is 0.405 e. The number of hydrogen-bond acceptors (Lipinski definition) is 2. The van der Waals surface area contributed by atoms with Crippen molar-refractivity contribution in [1.82, 2.24) is 10.6 Å². The van der Waals surface area contributed by atoms with Crippen molar-refractivity contribution >= 4 is 11.9 Å². The molecule has 0 atom stereocenters. The number of amides is 2. The van der Waals surface area contributed by atoms with Gasteiger partial charge in [0.15, 0.2) is 0 Å². The maximum atomic E-state index is 11.9. The van der Waals surface area contributed by atoms with E-state index in [-0.39, 0.29) is 5.84 Å². The van der Waals surface area contributed by atoms with Gasteiger partial charge in [0.25, 0.3) is 0 Å². The third-order valence-electron chi connectivity index (χ3n) is 3.02. The monoisotopic (exact) mass is 266 g/mol. The van der Waals surface area contributed by atoms with Crippen LogP contribution in [0.2, 0.25) is 0 Å². The van der Waals surface area contributed by atoms with Gasteiger partial charge in [-0.15, -0.1) is 0 Å². The molecule has 0 spiro atoms. The average molecular weight is 266 g/mol. The Bertz CT molecular complexity index is 324. The summed E-state index contributed by atoms with van der Waals surface area (Å²) in [5.74, 6) is -0.204. The lowest BCUT2D eigenvalue weighted by Gasteiger charge is -2.36. The molecule has 0 bridgehead atoms. The van der Waals surface area contributed by atoms with Crippen LogP contribution in [-0.4, -0.2) is 30.1 Å². The van der Waals surface area contributed by atoms with E-state index in [1.165, 1.54) is 0 Å². The molecule has 1 fully saturated rings. The molecule has 0 aliphatic heterocycles. The quantitative estimate of drug-likeness (QED) is 0.460. The fourth-order valence-corrected chi connectivity index (χ4v) is 2.06. The van der Waals surface area contributed by atoms with Crippen LogP contribution in [0.5, 0.6) is 0 Å². The summed E-state index contributed by atoms with van der Waals surface area (Å²) in [5, 5.41) is 11.6. The van der Waals surface area contributed by atoms with E-state index in [2.05, 4.69) is 5.32 Å². The van der Waals surface area contributed by atoms with Crippen LogP contribution in [-0.2, 0) is 0 Å². The highest BCUT2D eigenvalue weighted by molar-refractivity contribution is 5.91. The fourth-order valence-electron chi connectivity index (χ4n) is 2.06. The number of rotatable bonds is 3. The zero-order valence-electron chi connectivity index (χ0n) is 9.86. The smallest absolute Gasteiger partial charge is 0.386 e. The summed E-state index contributed by atoms with van der Waals surface area (Å²) in [4.78, 5) is 11.4. The molecule has 5 nitrogen and oxygen atoms in total. The highest BCUT2D eigenvalue weighted by Gasteiger charge is 2.37. The van der Waals surface area contributed by atoms with E-state index >= 15 is 0 Å². The van der Waals surface area contributed by atoms with Gasteiger partial charge in [-0.2, -0.15) is 13.2 Å². The first-order valence-electron chi connectivity index (χ1n) is 5.72. The molecule has 0 saturated heterocycles. The molecular formula is C10H17F3N4O. The fraction of sp³-hybridized carbons (Fsp3) is 0.800. The predicted octanol–water partition coefficient (Wildman–Crippen LogP) is 1.49. The van der Waals surface area contributed by atoms with E-state index in [1.54, 1.807) is 5.32 Å². The first-order chi connectivity index (χ1) is 8.25. The third-order valence-corrected chi connectivity index (χ3v) is 3.02. The normalized spacial score (nSPS) is 19.1. The molecule has 0 aromatic rings. The van der Waals surface area contributed by atoms with Crippen LogP contribution in [0.3, 0.4) is 0 Å². The molecule has 1 aliphatic rings. The van der Waals surface area contributed by atoms with E-state index in [0.717, 1.165) is 19.3 Å². The Morgan fingerprint density at radius 3 is 2.28 bits per heavy atom. The number of nitrogens with one attached hydrogen (secondary N) is 3. The SMILES string of the molecule is N=C(N)C1(NC(=O)NCC(F)(F)F)CCCCC1. The Kier molecular flexibility index (Phi) is 4.42. The van der Waals surface area contributed by atoms with Crippen molar-refractivity contribution in [1.29, 1.82) is 5.41 Å². The summed E-state index contributed by atoms with van der Waals surface area (Å²) < 4.78 is 35.8. The summed E-state index contributed by atoms with van der Waals surface area (Å²) in [6.45, 7) is -1.40. The van der Waals surface area contributed by atoms with Crippen molar-refractivity contribution in [2.45, 2.75) is 43.8 Å². The number of carbonyl (C=O) groups excluding carboxylic acids is 1. The first-order valence-corrected chi connectivity index (χ1v) is 5.72. The molecule has 104 valence electrons. The van der Waals surface area contributed by atoms with Gasteiger partial charge in [-0.1, -0.05) is 19.3 Å². The standard InChI is InChI=1S/C10H17F3N4O/c11-10(12,13)6-16-8(18)17-9(7(14)15)4-2-1-3-5-9/h1-6H2,(H3,14,15)(H2,16,17,18). The molecular weight excluding hydrogens is 249 g/mol. The van der Waals surface area contributed by atoms with Crippen molar-refractivity contribution in [3.8, 4) is 0 Å². The number of carbonyl (C=O) groups is 1. The van der Waals surface area contributed by atoms with Gasteiger partial charge < -0.3 is 16.4 Å². The number of nitrogens with two attached hydrogens (primary N) is 1. The zero-order chi connectivity index (χ0) is 13.8. The van der Waals surface area contributed by atoms with E-state index < -0.39 is 24.3 Å². The van der Waals surface area contributed by atoms with Gasteiger partial charge in [0.1, 0.15) is 12.4 Å². The minimum atomic E-state index is -4.45. The van der Waals surface area contributed by atoms with Gasteiger partial charge >= 0.3 is 12.2 Å². The molecule has 8 heteroatoms. The van der Waals surface area contributed by atoms with E-state index in [4.69, 9.17) is 11.1 Å². The second-order valence-corrected chi connectivity index (χ2v) is 4.48. The maximum absolute atomic E-state index is 11.9. The summed E-state index contributed by atoms with van der Waals surface area (Å²) in [7, 11) is 0. The Labute approximate surface area is 103 Å². The van der Waals surface area contributed by atoms with Gasteiger partial charge in [-0.25, -0.2) is 4.79 Å². The van der Waals surface area contributed by atoms with Crippen molar-refractivity contribution in [2.75, 3.05) is 6.54 Å². The van der Waals surface area contributed by atoms with Crippen molar-refractivity contribution in [3.05, 3.63) is 0 Å². The third kappa shape index (κ3) is 4.08. The highest BCUT2D eigenvalue weighted by Crippen LogP contribution is 2.28. The van der Waals surface area contributed by atoms with Crippen LogP contribution in [0.4, 0.5) is 18.0 Å². The number of urea groups is 1. The van der Waals surface area contributed by atoms with E-state index in [0.29, 0.717) is 12.8 Å². The summed E-state index contributed by atoms with van der Waals surface area (Å²) in [6, 6.07) is -0.940. The average Bonchev–Trinajstić information content (AvgIpc) is 2.26. The lowest BCUT2D eigenvalue weighted by atomic mass is 9.81. The van der Waals surface area contributed by atoms with E-state index in [1.807, 2.05) is 0 Å². The molecule has 0 aromatic carbocycles. The van der Waals surface area contributed by atoms with Gasteiger partial charge in [0, 0.05) is 0 Å². The second kappa shape index (κ2) is 5.45. The molecule has 0 heterocycles. The van der Waals surface area contributed by atoms with Crippen molar-refractivity contribution in [3.63, 3.8) is 0 Å². The predicted molar refractivity (Wildman–Crippen MR) is 60.3 cm³/mol. The lowest BCUT2D eigenvalue weighted by Crippen LogP contribution is -2.60. The summed E-state index contributed by atoms with van der Waals surface area (Å²) >= 11 is 0. The lowest BCUT2D eigenvalue weighted by molar-refractivity contribution is -0.122. The van der Waals surface area contributed by atoms with Crippen LogP contribution in [0.15, 0.2) is 0 Å². The molecule has 2 amide bonds. The summed E-state index contributed by atoms with van der Waals surface area (Å²) in [5.41, 5.74) is 4.46. The van der Waals surface area contributed by atoms with Gasteiger partial charge in [-0.05, 0) is 12.8 Å². The van der Waals surface area contributed by atoms with Crippen LogP contribution < -0.4 is 16.4 Å². The van der Waals surface area contributed by atoms with Gasteiger partial charge in [0.05, 0.1) is 5.54 Å². The zero-order valence-corrected chi connectivity index (χ0v) is 9.86. The van der Waals surface area contributed by atoms with Crippen LogP contribution in [0.1, 0.15) is 32.1 Å². The number of halogens is 3. The maximum Gasteiger partial charge on any atom is 0.405 e. The summed E-state index contributed by atoms with van der Waals surface area (Å²) in [6.07, 6.45) is -0.921. The Balaban J connectivity index is 2.56. The van der Waals surface area contributed by atoms with Crippen LogP contribution in [0.25, 0.3) is 0 Å².